The maximum atomic E-state index is 10.5. The van der Waals surface area contributed by atoms with Crippen molar-refractivity contribution >= 4 is 21.9 Å². The normalized spacial score (nSPS) is 20.8. The zero-order chi connectivity index (χ0) is 13.5. The van der Waals surface area contributed by atoms with Crippen molar-refractivity contribution in [3.8, 4) is 0 Å². The molecule has 2 atom stereocenters. The minimum absolute atomic E-state index is 0.172. The third-order valence-corrected chi connectivity index (χ3v) is 4.22. The van der Waals surface area contributed by atoms with Gasteiger partial charge >= 0.3 is 0 Å². The third kappa shape index (κ3) is 1.82. The summed E-state index contributed by atoms with van der Waals surface area (Å²) in [6, 6.07) is 14.2. The lowest BCUT2D eigenvalue weighted by Crippen LogP contribution is -2.28. The van der Waals surface area contributed by atoms with E-state index >= 15 is 0 Å². The molecule has 0 bridgehead atoms. The Kier molecular flexibility index (Phi) is 2.76. The Morgan fingerprint density at radius 3 is 2.80 bits per heavy atom. The lowest BCUT2D eigenvalue weighted by molar-refractivity contribution is 0.137. The standard InChI is InChI=1S/C17H17NO2/c19-17(14-5-3-9-18-14)11-7-8-16-13(10-11)12-4-1-2-6-15(12)20-16/h1-2,4,6-8,10,14,17-19H,3,5,9H2. The number of hydrogen-bond acceptors (Lipinski definition) is 3. The SMILES string of the molecule is OC(c1ccc2oc3ccccc3c2c1)C1CCCN1. The molecule has 0 spiro atoms. The summed E-state index contributed by atoms with van der Waals surface area (Å²) in [5, 5.41) is 16.0. The molecule has 4 rings (SSSR count). The Morgan fingerprint density at radius 2 is 1.95 bits per heavy atom. The summed E-state index contributed by atoms with van der Waals surface area (Å²) in [6.07, 6.45) is 1.72. The Labute approximate surface area is 117 Å². The van der Waals surface area contributed by atoms with E-state index in [1.807, 2.05) is 30.3 Å². The van der Waals surface area contributed by atoms with Crippen LogP contribution in [0.5, 0.6) is 0 Å². The first-order valence-corrected chi connectivity index (χ1v) is 7.15. The number of fused-ring (bicyclic) bond motifs is 3. The van der Waals surface area contributed by atoms with Crippen molar-refractivity contribution in [2.75, 3.05) is 6.54 Å². The lowest BCUT2D eigenvalue weighted by Gasteiger charge is -2.18. The molecule has 3 aromatic rings. The summed E-state index contributed by atoms with van der Waals surface area (Å²) >= 11 is 0. The first kappa shape index (κ1) is 11.9. The van der Waals surface area contributed by atoms with Crippen molar-refractivity contribution in [3.05, 3.63) is 48.0 Å². The number of benzene rings is 2. The molecule has 0 aliphatic carbocycles. The van der Waals surface area contributed by atoms with Crippen LogP contribution in [0, 0.1) is 0 Å². The van der Waals surface area contributed by atoms with Gasteiger partial charge in [-0.3, -0.25) is 0 Å². The Hall–Kier alpha value is -1.84. The summed E-state index contributed by atoms with van der Waals surface area (Å²) in [6.45, 7) is 0.999. The Morgan fingerprint density at radius 1 is 1.10 bits per heavy atom. The van der Waals surface area contributed by atoms with Gasteiger partial charge in [0.25, 0.3) is 0 Å². The maximum absolute atomic E-state index is 10.5. The van der Waals surface area contributed by atoms with Crippen LogP contribution in [0.25, 0.3) is 21.9 Å². The van der Waals surface area contributed by atoms with Gasteiger partial charge in [-0.25, -0.2) is 0 Å². The molecule has 2 unspecified atom stereocenters. The molecule has 0 radical (unpaired) electrons. The molecule has 20 heavy (non-hydrogen) atoms. The van der Waals surface area contributed by atoms with Gasteiger partial charge in [0.2, 0.25) is 0 Å². The fourth-order valence-corrected chi connectivity index (χ4v) is 3.14. The van der Waals surface area contributed by atoms with Gasteiger partial charge in [0.15, 0.2) is 0 Å². The zero-order valence-electron chi connectivity index (χ0n) is 11.2. The van der Waals surface area contributed by atoms with E-state index in [2.05, 4.69) is 17.4 Å². The number of hydrogen-bond donors (Lipinski definition) is 2. The predicted octanol–water partition coefficient (Wildman–Crippen LogP) is 3.37. The average Bonchev–Trinajstić information content (AvgIpc) is 3.13. The van der Waals surface area contributed by atoms with Gasteiger partial charge in [-0.15, -0.1) is 0 Å². The highest BCUT2D eigenvalue weighted by Gasteiger charge is 2.24. The molecule has 3 heteroatoms. The molecular formula is C17H17NO2. The molecule has 1 fully saturated rings. The number of nitrogens with one attached hydrogen (secondary N) is 1. The van der Waals surface area contributed by atoms with Crippen LogP contribution in [-0.4, -0.2) is 17.7 Å². The summed E-state index contributed by atoms with van der Waals surface area (Å²) in [5.74, 6) is 0. The highest BCUT2D eigenvalue weighted by molar-refractivity contribution is 6.05. The van der Waals surface area contributed by atoms with E-state index < -0.39 is 6.10 Å². The van der Waals surface area contributed by atoms with Crippen LogP contribution < -0.4 is 5.32 Å². The fourth-order valence-electron chi connectivity index (χ4n) is 3.14. The molecule has 1 aliphatic heterocycles. The van der Waals surface area contributed by atoms with Gasteiger partial charge in [-0.1, -0.05) is 24.3 Å². The third-order valence-electron chi connectivity index (χ3n) is 4.22. The summed E-state index contributed by atoms with van der Waals surface area (Å²) in [5.41, 5.74) is 2.73. The molecule has 2 N–H and O–H groups in total. The van der Waals surface area contributed by atoms with Crippen molar-refractivity contribution in [3.63, 3.8) is 0 Å². The summed E-state index contributed by atoms with van der Waals surface area (Å²) in [4.78, 5) is 0. The molecule has 2 aromatic carbocycles. The predicted molar refractivity (Wildman–Crippen MR) is 79.7 cm³/mol. The van der Waals surface area contributed by atoms with Gasteiger partial charge in [0.05, 0.1) is 6.10 Å². The van der Waals surface area contributed by atoms with Crippen molar-refractivity contribution in [1.29, 1.82) is 0 Å². The number of furan rings is 1. The molecule has 1 aromatic heterocycles. The van der Waals surface area contributed by atoms with Gasteiger partial charge in [0, 0.05) is 16.8 Å². The van der Waals surface area contributed by atoms with E-state index in [-0.39, 0.29) is 6.04 Å². The van der Waals surface area contributed by atoms with Crippen LogP contribution in [0.1, 0.15) is 24.5 Å². The molecule has 2 heterocycles. The second-order valence-corrected chi connectivity index (χ2v) is 5.50. The van der Waals surface area contributed by atoms with E-state index in [9.17, 15) is 5.11 Å². The summed E-state index contributed by atoms with van der Waals surface area (Å²) < 4.78 is 5.82. The van der Waals surface area contributed by atoms with Crippen molar-refractivity contribution in [1.82, 2.24) is 5.32 Å². The van der Waals surface area contributed by atoms with Crippen LogP contribution in [0.4, 0.5) is 0 Å². The van der Waals surface area contributed by atoms with E-state index in [0.29, 0.717) is 0 Å². The van der Waals surface area contributed by atoms with Crippen LogP contribution in [-0.2, 0) is 0 Å². The van der Waals surface area contributed by atoms with Gasteiger partial charge < -0.3 is 14.8 Å². The molecule has 3 nitrogen and oxygen atoms in total. The van der Waals surface area contributed by atoms with E-state index in [4.69, 9.17) is 4.42 Å². The average molecular weight is 267 g/mol. The zero-order valence-corrected chi connectivity index (χ0v) is 11.2. The van der Waals surface area contributed by atoms with Gasteiger partial charge in [-0.05, 0) is 43.1 Å². The highest BCUT2D eigenvalue weighted by Crippen LogP contribution is 2.32. The van der Waals surface area contributed by atoms with E-state index in [1.54, 1.807) is 0 Å². The topological polar surface area (TPSA) is 45.4 Å². The molecule has 1 aliphatic rings. The molecule has 0 saturated carbocycles. The van der Waals surface area contributed by atoms with Gasteiger partial charge in [-0.2, -0.15) is 0 Å². The fraction of sp³-hybridized carbons (Fsp3) is 0.294. The molecule has 1 saturated heterocycles. The first-order chi connectivity index (χ1) is 9.83. The second kappa shape index (κ2) is 4.62. The smallest absolute Gasteiger partial charge is 0.135 e. The summed E-state index contributed by atoms with van der Waals surface area (Å²) in [7, 11) is 0. The largest absolute Gasteiger partial charge is 0.456 e. The van der Waals surface area contributed by atoms with E-state index in [0.717, 1.165) is 46.9 Å². The van der Waals surface area contributed by atoms with Crippen LogP contribution >= 0.6 is 0 Å². The maximum Gasteiger partial charge on any atom is 0.135 e. The Bertz CT molecular complexity index is 756. The molecule has 0 amide bonds. The second-order valence-electron chi connectivity index (χ2n) is 5.50. The lowest BCUT2D eigenvalue weighted by atomic mass is 9.99. The van der Waals surface area contributed by atoms with Crippen LogP contribution in [0.2, 0.25) is 0 Å². The monoisotopic (exact) mass is 267 g/mol. The number of para-hydroxylation sites is 1. The first-order valence-electron chi connectivity index (χ1n) is 7.15. The van der Waals surface area contributed by atoms with Crippen LogP contribution in [0.15, 0.2) is 46.9 Å². The van der Waals surface area contributed by atoms with E-state index in [1.165, 1.54) is 0 Å². The number of aliphatic hydroxyl groups is 1. The molecule has 102 valence electrons. The van der Waals surface area contributed by atoms with Crippen molar-refractivity contribution < 1.29 is 9.52 Å². The number of rotatable bonds is 2. The Balaban J connectivity index is 1.82. The van der Waals surface area contributed by atoms with Crippen LogP contribution in [0.3, 0.4) is 0 Å². The minimum Gasteiger partial charge on any atom is -0.456 e. The van der Waals surface area contributed by atoms with Crippen molar-refractivity contribution in [2.45, 2.75) is 25.0 Å². The minimum atomic E-state index is -0.449. The quantitative estimate of drug-likeness (QED) is 0.748. The molecular weight excluding hydrogens is 250 g/mol. The van der Waals surface area contributed by atoms with Gasteiger partial charge in [0.1, 0.15) is 11.2 Å². The highest BCUT2D eigenvalue weighted by atomic mass is 16.3. The number of aliphatic hydroxyl groups excluding tert-OH is 1. The van der Waals surface area contributed by atoms with Crippen molar-refractivity contribution in [2.24, 2.45) is 0 Å².